The molecule has 0 unspecified atom stereocenters. The van der Waals surface area contributed by atoms with Crippen molar-refractivity contribution in [2.24, 2.45) is 5.10 Å². The lowest BCUT2D eigenvalue weighted by Crippen LogP contribution is -2.18. The molecule has 0 spiro atoms. The van der Waals surface area contributed by atoms with E-state index in [1.165, 1.54) is 24.5 Å². The predicted molar refractivity (Wildman–Crippen MR) is 100 cm³/mol. The molecule has 3 rings (SSSR count). The third-order valence-corrected chi connectivity index (χ3v) is 3.76. The summed E-state index contributed by atoms with van der Waals surface area (Å²) in [5, 5.41) is 12.5. The molecule has 3 N–H and O–H groups in total. The second kappa shape index (κ2) is 8.50. The van der Waals surface area contributed by atoms with Gasteiger partial charge in [-0.2, -0.15) is 5.10 Å². The van der Waals surface area contributed by atoms with Crippen LogP contribution in [0.2, 0.25) is 0 Å². The Bertz CT molecular complexity index is 970. The number of pyridine rings is 1. The molecule has 7 nitrogen and oxygen atoms in total. The molecular formula is C20H16N4O3. The van der Waals surface area contributed by atoms with Crippen LogP contribution >= 0.6 is 0 Å². The van der Waals surface area contributed by atoms with Gasteiger partial charge in [0.2, 0.25) is 0 Å². The van der Waals surface area contributed by atoms with E-state index in [1.54, 1.807) is 29.9 Å². The molecule has 27 heavy (non-hydrogen) atoms. The lowest BCUT2D eigenvalue weighted by Gasteiger charge is -2.04. The monoisotopic (exact) mass is 360 g/mol. The highest BCUT2D eigenvalue weighted by molar-refractivity contribution is 5.96. The lowest BCUT2D eigenvalue weighted by molar-refractivity contribution is 0.0706. The van der Waals surface area contributed by atoms with Crippen LogP contribution in [0.3, 0.4) is 0 Å². The Balaban J connectivity index is 1.66. The zero-order valence-electron chi connectivity index (χ0n) is 14.2. The Labute approximate surface area is 155 Å². The Kier molecular flexibility index (Phi) is 5.66. The zero-order chi connectivity index (χ0) is 19.1. The Morgan fingerprint density at radius 1 is 0.889 bits per heavy atom. The molecule has 1 aromatic heterocycles. The minimum absolute atomic E-state index is 0.308. The van der Waals surface area contributed by atoms with Gasteiger partial charge in [-0.1, -0.05) is 42.5 Å². The average Bonchev–Trinajstić information content (AvgIpc) is 2.74. The Morgan fingerprint density at radius 3 is 2.33 bits per heavy atom. The number of nitrogens with one attached hydrogen (secondary N) is 2. The summed E-state index contributed by atoms with van der Waals surface area (Å²) in [6, 6.07) is 17.7. The maximum absolute atomic E-state index is 12.3. The van der Waals surface area contributed by atoms with Crippen LogP contribution in [0.1, 0.15) is 26.3 Å². The number of carbonyl (C=O) groups excluding carboxylic acids is 2. The van der Waals surface area contributed by atoms with Crippen LogP contribution in [0.15, 0.2) is 78.2 Å². The zero-order valence-corrected chi connectivity index (χ0v) is 14.2. The molecule has 2 amide bonds. The second-order valence-electron chi connectivity index (χ2n) is 5.59. The molecular weight excluding hydrogens is 344 g/mol. The smallest absolute Gasteiger partial charge is 0.274 e. The van der Waals surface area contributed by atoms with Gasteiger partial charge in [0.05, 0.1) is 11.8 Å². The minimum atomic E-state index is -0.599. The summed E-state index contributed by atoms with van der Waals surface area (Å²) >= 11 is 0. The van der Waals surface area contributed by atoms with Gasteiger partial charge in [0.15, 0.2) is 0 Å². The highest BCUT2D eigenvalue weighted by Crippen LogP contribution is 2.18. The van der Waals surface area contributed by atoms with Crippen LogP contribution in [0.25, 0.3) is 11.1 Å². The van der Waals surface area contributed by atoms with Gasteiger partial charge in [0.25, 0.3) is 11.8 Å². The molecule has 0 atom stereocenters. The lowest BCUT2D eigenvalue weighted by atomic mass is 10.1. The normalized spacial score (nSPS) is 10.6. The predicted octanol–water partition coefficient (Wildman–Crippen LogP) is 2.63. The topological polar surface area (TPSA) is 104 Å². The summed E-state index contributed by atoms with van der Waals surface area (Å²) in [4.78, 5) is 27.6. The first kappa shape index (κ1) is 18.0. The van der Waals surface area contributed by atoms with Crippen molar-refractivity contribution in [2.75, 3.05) is 0 Å². The fourth-order valence-corrected chi connectivity index (χ4v) is 2.37. The van der Waals surface area contributed by atoms with E-state index in [0.717, 1.165) is 11.1 Å². The van der Waals surface area contributed by atoms with Crippen LogP contribution in [0.4, 0.5) is 0 Å². The standard InChI is InChI=1S/C20H16N4O3/c25-19(18-10-17(12-21-13-18)15-4-2-1-3-5-15)23-22-11-14-6-8-16(9-7-14)20(26)24-27/h1-13,27H,(H,23,25)(H,24,26). The highest BCUT2D eigenvalue weighted by Gasteiger charge is 2.07. The molecule has 134 valence electrons. The largest absolute Gasteiger partial charge is 0.288 e. The summed E-state index contributed by atoms with van der Waals surface area (Å²) in [5.74, 6) is -0.981. The summed E-state index contributed by atoms with van der Waals surface area (Å²) in [6.07, 6.45) is 4.62. The third kappa shape index (κ3) is 4.62. The van der Waals surface area contributed by atoms with E-state index >= 15 is 0 Å². The van der Waals surface area contributed by atoms with Crippen LogP contribution < -0.4 is 10.9 Å². The fraction of sp³-hybridized carbons (Fsp3) is 0. The summed E-state index contributed by atoms with van der Waals surface area (Å²) in [7, 11) is 0. The molecule has 0 saturated carbocycles. The van der Waals surface area contributed by atoms with Crippen molar-refractivity contribution in [3.8, 4) is 11.1 Å². The van der Waals surface area contributed by atoms with Crippen LogP contribution in [-0.4, -0.2) is 28.2 Å². The van der Waals surface area contributed by atoms with Crippen molar-refractivity contribution in [2.45, 2.75) is 0 Å². The molecule has 3 aromatic rings. The van der Waals surface area contributed by atoms with Crippen molar-refractivity contribution >= 4 is 18.0 Å². The van der Waals surface area contributed by atoms with Gasteiger partial charge in [-0.3, -0.25) is 19.8 Å². The number of hydrogen-bond donors (Lipinski definition) is 3. The van der Waals surface area contributed by atoms with Crippen LogP contribution in [0, 0.1) is 0 Å². The van der Waals surface area contributed by atoms with Crippen molar-refractivity contribution in [1.29, 1.82) is 0 Å². The minimum Gasteiger partial charge on any atom is -0.288 e. The van der Waals surface area contributed by atoms with E-state index in [0.29, 0.717) is 16.7 Å². The molecule has 2 aromatic carbocycles. The first-order chi connectivity index (χ1) is 13.2. The fourth-order valence-electron chi connectivity index (χ4n) is 2.37. The van der Waals surface area contributed by atoms with E-state index in [2.05, 4.69) is 15.5 Å². The van der Waals surface area contributed by atoms with Gasteiger partial charge in [-0.15, -0.1) is 0 Å². The maximum Gasteiger partial charge on any atom is 0.274 e. The van der Waals surface area contributed by atoms with Crippen molar-refractivity contribution in [3.63, 3.8) is 0 Å². The molecule has 0 bridgehead atoms. The number of hydrazone groups is 1. The third-order valence-electron chi connectivity index (χ3n) is 3.76. The molecule has 0 aliphatic rings. The summed E-state index contributed by atoms with van der Waals surface area (Å²) in [5.41, 5.74) is 7.19. The van der Waals surface area contributed by atoms with E-state index in [9.17, 15) is 9.59 Å². The van der Waals surface area contributed by atoms with E-state index < -0.39 is 5.91 Å². The number of rotatable bonds is 5. The summed E-state index contributed by atoms with van der Waals surface area (Å²) in [6.45, 7) is 0. The van der Waals surface area contributed by atoms with Gasteiger partial charge >= 0.3 is 0 Å². The first-order valence-corrected chi connectivity index (χ1v) is 8.06. The van der Waals surface area contributed by atoms with E-state index in [-0.39, 0.29) is 5.91 Å². The SMILES string of the molecule is O=C(NO)c1ccc(C=NNC(=O)c2cncc(-c3ccccc3)c2)cc1. The molecule has 0 aliphatic carbocycles. The molecule has 0 saturated heterocycles. The molecule has 7 heteroatoms. The Hall–Kier alpha value is -3.84. The van der Waals surface area contributed by atoms with Crippen LogP contribution in [-0.2, 0) is 0 Å². The van der Waals surface area contributed by atoms with E-state index in [4.69, 9.17) is 5.21 Å². The number of aromatic nitrogens is 1. The van der Waals surface area contributed by atoms with Gasteiger partial charge < -0.3 is 0 Å². The van der Waals surface area contributed by atoms with Gasteiger partial charge in [0, 0.05) is 23.5 Å². The number of amides is 2. The maximum atomic E-state index is 12.3. The molecule has 0 aliphatic heterocycles. The van der Waals surface area contributed by atoms with Crippen molar-refractivity contribution in [3.05, 3.63) is 89.7 Å². The van der Waals surface area contributed by atoms with Crippen LogP contribution in [0.5, 0.6) is 0 Å². The van der Waals surface area contributed by atoms with Gasteiger partial charge in [-0.05, 0) is 29.3 Å². The number of hydrogen-bond acceptors (Lipinski definition) is 5. The summed E-state index contributed by atoms with van der Waals surface area (Å²) < 4.78 is 0. The highest BCUT2D eigenvalue weighted by atomic mass is 16.5. The quantitative estimate of drug-likeness (QED) is 0.370. The number of carbonyl (C=O) groups is 2. The molecule has 0 radical (unpaired) electrons. The first-order valence-electron chi connectivity index (χ1n) is 8.06. The van der Waals surface area contributed by atoms with E-state index in [1.807, 2.05) is 30.3 Å². The van der Waals surface area contributed by atoms with Crippen molar-refractivity contribution in [1.82, 2.24) is 15.9 Å². The average molecular weight is 360 g/mol. The Morgan fingerprint density at radius 2 is 1.63 bits per heavy atom. The number of benzene rings is 2. The van der Waals surface area contributed by atoms with Gasteiger partial charge in [0.1, 0.15) is 0 Å². The van der Waals surface area contributed by atoms with Crippen molar-refractivity contribution < 1.29 is 14.8 Å². The molecule has 1 heterocycles. The number of hydroxylamine groups is 1. The molecule has 0 fully saturated rings. The number of nitrogens with zero attached hydrogens (tertiary/aromatic N) is 2. The second-order valence-corrected chi connectivity index (χ2v) is 5.59. The van der Waals surface area contributed by atoms with Gasteiger partial charge in [-0.25, -0.2) is 10.9 Å².